The van der Waals surface area contributed by atoms with E-state index in [2.05, 4.69) is 29.2 Å². The number of nitrogens with zero attached hydrogens (tertiary/aromatic N) is 4. The fourth-order valence-electron chi connectivity index (χ4n) is 6.02. The second-order valence-corrected chi connectivity index (χ2v) is 11.5. The Morgan fingerprint density at radius 1 is 0.837 bits per heavy atom. The fraction of sp³-hybridized carbons (Fsp3) is 0.270. The SMILES string of the molecule is Cc1ccc(-n2c(C(C)N(CCN3CCCC3)C(=O)Cc3ccc(-c4ccccc4)cc3)nc3ccccc3c2=O)cc1. The summed E-state index contributed by atoms with van der Waals surface area (Å²) in [6.45, 7) is 7.50. The smallest absolute Gasteiger partial charge is 0.266 e. The number of amides is 1. The summed E-state index contributed by atoms with van der Waals surface area (Å²) in [6.07, 6.45) is 2.66. The van der Waals surface area contributed by atoms with Crippen molar-refractivity contribution in [1.29, 1.82) is 0 Å². The summed E-state index contributed by atoms with van der Waals surface area (Å²) in [4.78, 5) is 37.4. The van der Waals surface area contributed by atoms with Gasteiger partial charge in [0.25, 0.3) is 5.56 Å². The molecule has 1 saturated heterocycles. The first kappa shape index (κ1) is 28.6. The monoisotopic (exact) mass is 570 g/mol. The molecule has 1 amide bonds. The molecule has 2 heterocycles. The van der Waals surface area contributed by atoms with Crippen molar-refractivity contribution in [3.63, 3.8) is 0 Å². The Morgan fingerprint density at radius 2 is 1.49 bits per heavy atom. The second kappa shape index (κ2) is 12.8. The molecule has 1 unspecified atom stereocenters. The van der Waals surface area contributed by atoms with Crippen molar-refractivity contribution >= 4 is 16.8 Å². The highest BCUT2D eigenvalue weighted by atomic mass is 16.2. The van der Waals surface area contributed by atoms with E-state index in [1.54, 1.807) is 4.57 Å². The van der Waals surface area contributed by atoms with Crippen molar-refractivity contribution in [3.05, 3.63) is 130 Å². The van der Waals surface area contributed by atoms with Crippen molar-refractivity contribution in [2.75, 3.05) is 26.2 Å². The molecule has 218 valence electrons. The number of hydrogen-bond acceptors (Lipinski definition) is 4. The number of para-hydroxylation sites is 1. The van der Waals surface area contributed by atoms with Crippen molar-refractivity contribution in [1.82, 2.24) is 19.4 Å². The molecule has 0 bridgehead atoms. The Balaban J connectivity index is 1.35. The summed E-state index contributed by atoms with van der Waals surface area (Å²) in [7, 11) is 0. The number of carbonyl (C=O) groups is 1. The Morgan fingerprint density at radius 3 is 2.21 bits per heavy atom. The van der Waals surface area contributed by atoms with Gasteiger partial charge in [-0.3, -0.25) is 14.2 Å². The normalized spacial score (nSPS) is 14.2. The number of fused-ring (bicyclic) bond motifs is 1. The van der Waals surface area contributed by atoms with Crippen LogP contribution in [0, 0.1) is 6.92 Å². The van der Waals surface area contributed by atoms with Crippen LogP contribution in [0.1, 0.15) is 42.8 Å². The molecular formula is C37H38N4O2. The third-order valence-corrected chi connectivity index (χ3v) is 8.53. The van der Waals surface area contributed by atoms with Gasteiger partial charge in [0.2, 0.25) is 5.91 Å². The molecule has 43 heavy (non-hydrogen) atoms. The summed E-state index contributed by atoms with van der Waals surface area (Å²) >= 11 is 0. The molecule has 1 aromatic heterocycles. The molecule has 0 saturated carbocycles. The van der Waals surface area contributed by atoms with Crippen LogP contribution in [-0.4, -0.2) is 51.4 Å². The molecule has 6 nitrogen and oxygen atoms in total. The minimum Gasteiger partial charge on any atom is -0.331 e. The van der Waals surface area contributed by atoms with Gasteiger partial charge in [0.15, 0.2) is 0 Å². The highest BCUT2D eigenvalue weighted by Crippen LogP contribution is 2.25. The van der Waals surface area contributed by atoms with Crippen molar-refractivity contribution < 1.29 is 4.79 Å². The predicted octanol–water partition coefficient (Wildman–Crippen LogP) is 6.59. The summed E-state index contributed by atoms with van der Waals surface area (Å²) in [5.41, 5.74) is 5.61. The van der Waals surface area contributed by atoms with Gasteiger partial charge in [0.05, 0.1) is 29.1 Å². The summed E-state index contributed by atoms with van der Waals surface area (Å²) in [6, 6.07) is 33.4. The van der Waals surface area contributed by atoms with Crippen molar-refractivity contribution in [2.45, 2.75) is 39.2 Å². The van der Waals surface area contributed by atoms with Gasteiger partial charge >= 0.3 is 0 Å². The summed E-state index contributed by atoms with van der Waals surface area (Å²) in [5.74, 6) is 0.596. The van der Waals surface area contributed by atoms with Crippen LogP contribution in [0.4, 0.5) is 0 Å². The highest BCUT2D eigenvalue weighted by Gasteiger charge is 2.28. The van der Waals surface area contributed by atoms with Gasteiger partial charge in [-0.2, -0.15) is 0 Å². The van der Waals surface area contributed by atoms with E-state index in [9.17, 15) is 9.59 Å². The number of aromatic nitrogens is 2. The Hall–Kier alpha value is -4.55. The molecule has 1 fully saturated rings. The number of likely N-dealkylation sites (tertiary alicyclic amines) is 1. The maximum absolute atomic E-state index is 14.1. The van der Waals surface area contributed by atoms with Gasteiger partial charge < -0.3 is 9.80 Å². The van der Waals surface area contributed by atoms with E-state index >= 15 is 0 Å². The Kier molecular flexibility index (Phi) is 8.47. The second-order valence-electron chi connectivity index (χ2n) is 11.5. The van der Waals surface area contributed by atoms with Crippen LogP contribution in [0.15, 0.2) is 108 Å². The average molecular weight is 571 g/mol. The van der Waals surface area contributed by atoms with Crippen LogP contribution in [0.25, 0.3) is 27.7 Å². The molecular weight excluding hydrogens is 532 g/mol. The fourth-order valence-corrected chi connectivity index (χ4v) is 6.02. The maximum atomic E-state index is 14.1. The minimum atomic E-state index is -0.419. The van der Waals surface area contributed by atoms with Gasteiger partial charge in [-0.25, -0.2) is 4.98 Å². The molecule has 6 rings (SSSR count). The van der Waals surface area contributed by atoms with Crippen molar-refractivity contribution in [2.24, 2.45) is 0 Å². The van der Waals surface area contributed by atoms with Gasteiger partial charge in [0, 0.05) is 13.1 Å². The molecule has 1 aliphatic rings. The first-order valence-electron chi connectivity index (χ1n) is 15.2. The lowest BCUT2D eigenvalue weighted by Gasteiger charge is -2.32. The first-order valence-corrected chi connectivity index (χ1v) is 15.2. The number of carbonyl (C=O) groups excluding carboxylic acids is 1. The molecule has 1 aliphatic heterocycles. The topological polar surface area (TPSA) is 58.4 Å². The minimum absolute atomic E-state index is 0.0250. The van der Waals surface area contributed by atoms with E-state index in [0.717, 1.165) is 47.6 Å². The van der Waals surface area contributed by atoms with E-state index in [1.165, 1.54) is 12.8 Å². The van der Waals surface area contributed by atoms with Gasteiger partial charge in [-0.05, 0) is 80.7 Å². The van der Waals surface area contributed by atoms with Gasteiger partial charge in [0.1, 0.15) is 5.82 Å². The molecule has 1 atom stereocenters. The zero-order chi connectivity index (χ0) is 29.8. The van der Waals surface area contributed by atoms with E-state index in [4.69, 9.17) is 4.98 Å². The molecule has 0 N–H and O–H groups in total. The van der Waals surface area contributed by atoms with E-state index in [1.807, 2.05) is 97.6 Å². The average Bonchev–Trinajstić information content (AvgIpc) is 3.56. The summed E-state index contributed by atoms with van der Waals surface area (Å²) < 4.78 is 1.69. The van der Waals surface area contributed by atoms with Crippen LogP contribution in [0.3, 0.4) is 0 Å². The molecule has 6 heteroatoms. The third-order valence-electron chi connectivity index (χ3n) is 8.53. The van der Waals surface area contributed by atoms with Crippen LogP contribution in [0.2, 0.25) is 0 Å². The zero-order valence-electron chi connectivity index (χ0n) is 24.9. The lowest BCUT2D eigenvalue weighted by atomic mass is 10.0. The van der Waals surface area contributed by atoms with Gasteiger partial charge in [-0.15, -0.1) is 0 Å². The molecule has 0 aliphatic carbocycles. The molecule has 5 aromatic rings. The molecule has 0 radical (unpaired) electrons. The summed E-state index contributed by atoms with van der Waals surface area (Å²) in [5, 5.41) is 0.562. The van der Waals surface area contributed by atoms with E-state index in [0.29, 0.717) is 23.3 Å². The number of rotatable bonds is 9. The van der Waals surface area contributed by atoms with Crippen molar-refractivity contribution in [3.8, 4) is 16.8 Å². The Bertz CT molecular complexity index is 1760. The van der Waals surface area contributed by atoms with Crippen LogP contribution < -0.4 is 5.56 Å². The molecule has 4 aromatic carbocycles. The van der Waals surface area contributed by atoms with E-state index < -0.39 is 6.04 Å². The maximum Gasteiger partial charge on any atom is 0.266 e. The lowest BCUT2D eigenvalue weighted by molar-refractivity contribution is -0.133. The lowest BCUT2D eigenvalue weighted by Crippen LogP contribution is -2.42. The first-order chi connectivity index (χ1) is 21.0. The predicted molar refractivity (Wildman–Crippen MR) is 173 cm³/mol. The van der Waals surface area contributed by atoms with E-state index in [-0.39, 0.29) is 17.9 Å². The van der Waals surface area contributed by atoms with Crippen LogP contribution >= 0.6 is 0 Å². The van der Waals surface area contributed by atoms with Crippen LogP contribution in [0.5, 0.6) is 0 Å². The van der Waals surface area contributed by atoms with Crippen LogP contribution in [-0.2, 0) is 11.2 Å². The zero-order valence-corrected chi connectivity index (χ0v) is 24.9. The quantitative estimate of drug-likeness (QED) is 0.201. The number of benzene rings is 4. The number of hydrogen-bond donors (Lipinski definition) is 0. The number of aryl methyl sites for hydroxylation is 1. The van der Waals surface area contributed by atoms with Gasteiger partial charge in [-0.1, -0.05) is 84.4 Å². The Labute approximate surface area is 253 Å². The highest BCUT2D eigenvalue weighted by molar-refractivity contribution is 5.80. The largest absolute Gasteiger partial charge is 0.331 e. The third kappa shape index (κ3) is 6.30. The standard InChI is InChI=1S/C37H38N4O2/c1-27-14-20-32(21-15-27)41-36(38-34-13-7-6-12-33(34)37(41)43)28(2)40(25-24-39-22-8-9-23-39)35(42)26-29-16-18-31(19-17-29)30-10-4-3-5-11-30/h3-7,10-21,28H,8-9,22-26H2,1-2H3. The molecule has 0 spiro atoms.